The molecule has 0 saturated carbocycles. The first kappa shape index (κ1) is 29.6. The molecule has 2 N–H and O–H groups in total. The average Bonchev–Trinajstić information content (AvgIpc) is 3.40. The van der Waals surface area contributed by atoms with Gasteiger partial charge in [-0.05, 0) is 77.8 Å². The van der Waals surface area contributed by atoms with Crippen molar-refractivity contribution in [1.82, 2.24) is 0 Å². The molecule has 1 aliphatic heterocycles. The Kier molecular flexibility index (Phi) is 8.32. The molecule has 4 aromatic rings. The Morgan fingerprint density at radius 1 is 1.07 bits per heavy atom. The zero-order valence-corrected chi connectivity index (χ0v) is 26.4. The van der Waals surface area contributed by atoms with Crippen LogP contribution in [0.5, 0.6) is 5.75 Å². The average molecular weight is 669 g/mol. The van der Waals surface area contributed by atoms with E-state index >= 15 is 0 Å². The summed E-state index contributed by atoms with van der Waals surface area (Å²) < 4.78 is 12.3. The van der Waals surface area contributed by atoms with Crippen LogP contribution >= 0.6 is 38.9 Å². The number of hydrogen-bond donors (Lipinski definition) is 2. The quantitative estimate of drug-likeness (QED) is 0.197. The van der Waals surface area contributed by atoms with Crippen LogP contribution in [-0.2, 0) is 16.1 Å². The minimum absolute atomic E-state index is 0.0965. The fraction of sp³-hybridized carbons (Fsp3) is 0.194. The zero-order valence-electron chi connectivity index (χ0n) is 23.2. The Bertz CT molecular complexity index is 1720. The highest BCUT2D eigenvalue weighted by molar-refractivity contribution is 9.11. The molecule has 3 aromatic carbocycles. The van der Waals surface area contributed by atoms with E-state index in [2.05, 4.69) is 26.6 Å². The standard InChI is InChI=1S/C31H27BrClN3O5S/c1-31(2)30(39)36(3)27-21(16-41-29(38)25-13-14-26(32)42-25)18(11-12-23(27)35-31)19-10-9-17(15-24(19)40-4)34-28(37)20-7-5-6-8-22(20)33/h5-15,35H,16H2,1-4H3,(H,34,37). The number of likely N-dealkylation sites (N-methyl/N-ethyl adjacent to an activating group) is 1. The molecule has 42 heavy (non-hydrogen) atoms. The Balaban J connectivity index is 1.55. The first-order valence-corrected chi connectivity index (χ1v) is 14.9. The van der Waals surface area contributed by atoms with Crippen molar-refractivity contribution in [2.45, 2.75) is 26.0 Å². The number of carbonyl (C=O) groups excluding carboxylic acids is 3. The molecule has 5 rings (SSSR count). The largest absolute Gasteiger partial charge is 0.496 e. The summed E-state index contributed by atoms with van der Waals surface area (Å²) in [6.45, 7) is 3.53. The van der Waals surface area contributed by atoms with E-state index in [0.717, 1.165) is 9.47 Å². The van der Waals surface area contributed by atoms with E-state index < -0.39 is 11.5 Å². The molecular formula is C31H27BrClN3O5S. The number of nitrogens with one attached hydrogen (secondary N) is 2. The van der Waals surface area contributed by atoms with Crippen LogP contribution in [-0.4, -0.2) is 37.5 Å². The molecule has 0 spiro atoms. The van der Waals surface area contributed by atoms with Gasteiger partial charge >= 0.3 is 5.97 Å². The Morgan fingerprint density at radius 3 is 2.50 bits per heavy atom. The molecule has 0 saturated heterocycles. The predicted molar refractivity (Wildman–Crippen MR) is 170 cm³/mol. The topological polar surface area (TPSA) is 97.0 Å². The van der Waals surface area contributed by atoms with Gasteiger partial charge in [-0.2, -0.15) is 0 Å². The lowest BCUT2D eigenvalue weighted by atomic mass is 9.91. The molecule has 0 fully saturated rings. The van der Waals surface area contributed by atoms with Gasteiger partial charge in [-0.15, -0.1) is 11.3 Å². The summed E-state index contributed by atoms with van der Waals surface area (Å²) in [7, 11) is 3.24. The number of hydrogen-bond acceptors (Lipinski definition) is 7. The van der Waals surface area contributed by atoms with Gasteiger partial charge in [0.1, 0.15) is 22.8 Å². The molecule has 0 bridgehead atoms. The molecule has 216 valence electrons. The number of esters is 1. The highest BCUT2D eigenvalue weighted by Gasteiger charge is 2.39. The van der Waals surface area contributed by atoms with Crippen molar-refractivity contribution < 1.29 is 23.9 Å². The monoisotopic (exact) mass is 667 g/mol. The molecular weight excluding hydrogens is 642 g/mol. The zero-order chi connectivity index (χ0) is 30.2. The maximum absolute atomic E-state index is 13.3. The highest BCUT2D eigenvalue weighted by Crippen LogP contribution is 2.45. The van der Waals surface area contributed by atoms with Gasteiger partial charge in [-0.25, -0.2) is 4.79 Å². The first-order chi connectivity index (χ1) is 20.0. The number of carbonyl (C=O) groups is 3. The third kappa shape index (κ3) is 5.74. The predicted octanol–water partition coefficient (Wildman–Crippen LogP) is 7.62. The molecule has 0 atom stereocenters. The molecule has 11 heteroatoms. The van der Waals surface area contributed by atoms with Crippen molar-refractivity contribution >= 4 is 73.7 Å². The van der Waals surface area contributed by atoms with Crippen LogP contribution in [0.1, 0.15) is 39.4 Å². The summed E-state index contributed by atoms with van der Waals surface area (Å²) in [5.41, 5.74) is 3.39. The maximum atomic E-state index is 13.3. The fourth-order valence-corrected chi connectivity index (χ4v) is 6.40. The molecule has 2 heterocycles. The van der Waals surface area contributed by atoms with Crippen LogP contribution in [0.4, 0.5) is 17.1 Å². The van der Waals surface area contributed by atoms with Crippen LogP contribution < -0.4 is 20.3 Å². The smallest absolute Gasteiger partial charge is 0.348 e. The third-order valence-electron chi connectivity index (χ3n) is 6.89. The number of ether oxygens (including phenoxy) is 2. The number of thiophene rings is 1. The van der Waals surface area contributed by atoms with Gasteiger partial charge in [0, 0.05) is 29.9 Å². The summed E-state index contributed by atoms with van der Waals surface area (Å²) in [6, 6.07) is 19.3. The molecule has 8 nitrogen and oxygen atoms in total. The van der Waals surface area contributed by atoms with Crippen molar-refractivity contribution in [1.29, 1.82) is 0 Å². The van der Waals surface area contributed by atoms with Crippen LogP contribution in [0.2, 0.25) is 5.02 Å². The highest BCUT2D eigenvalue weighted by atomic mass is 79.9. The number of halogens is 2. The molecule has 0 aliphatic carbocycles. The van der Waals surface area contributed by atoms with Gasteiger partial charge in [0.25, 0.3) is 11.8 Å². The maximum Gasteiger partial charge on any atom is 0.348 e. The second-order valence-corrected chi connectivity index (χ2v) is 13.0. The van der Waals surface area contributed by atoms with Crippen molar-refractivity contribution in [2.75, 3.05) is 29.7 Å². The summed E-state index contributed by atoms with van der Waals surface area (Å²) in [5.74, 6) is -0.492. The summed E-state index contributed by atoms with van der Waals surface area (Å²) in [4.78, 5) is 41.1. The van der Waals surface area contributed by atoms with E-state index in [0.29, 0.717) is 49.3 Å². The van der Waals surface area contributed by atoms with Crippen molar-refractivity contribution in [3.63, 3.8) is 0 Å². The summed E-state index contributed by atoms with van der Waals surface area (Å²) >= 11 is 10.9. The minimum Gasteiger partial charge on any atom is -0.496 e. The number of anilines is 3. The van der Waals surface area contributed by atoms with Crippen molar-refractivity contribution in [3.8, 4) is 16.9 Å². The lowest BCUT2D eigenvalue weighted by molar-refractivity contribution is -0.121. The van der Waals surface area contributed by atoms with Crippen LogP contribution in [0, 0.1) is 0 Å². The van der Waals surface area contributed by atoms with E-state index in [9.17, 15) is 14.4 Å². The van der Waals surface area contributed by atoms with E-state index in [1.807, 2.05) is 32.0 Å². The fourth-order valence-electron chi connectivity index (χ4n) is 4.90. The van der Waals surface area contributed by atoms with Crippen molar-refractivity contribution in [3.05, 3.63) is 91.5 Å². The minimum atomic E-state index is -0.820. The summed E-state index contributed by atoms with van der Waals surface area (Å²) in [5, 5.41) is 6.52. The van der Waals surface area contributed by atoms with Gasteiger partial charge in [0.2, 0.25) is 0 Å². The number of rotatable bonds is 7. The number of fused-ring (bicyclic) bond motifs is 1. The second-order valence-electron chi connectivity index (χ2n) is 10.1. The van der Waals surface area contributed by atoms with Gasteiger partial charge in [0.05, 0.1) is 32.9 Å². The molecule has 0 unspecified atom stereocenters. The lowest BCUT2D eigenvalue weighted by Crippen LogP contribution is -2.52. The van der Waals surface area contributed by atoms with Gasteiger partial charge in [-0.3, -0.25) is 9.59 Å². The van der Waals surface area contributed by atoms with E-state index in [1.165, 1.54) is 18.4 Å². The van der Waals surface area contributed by atoms with Gasteiger partial charge in [0.15, 0.2) is 0 Å². The number of amides is 2. The van der Waals surface area contributed by atoms with E-state index in [1.54, 1.807) is 60.5 Å². The Labute approximate surface area is 260 Å². The van der Waals surface area contributed by atoms with Crippen molar-refractivity contribution in [2.24, 2.45) is 0 Å². The van der Waals surface area contributed by atoms with Gasteiger partial charge < -0.3 is 25.0 Å². The second kappa shape index (κ2) is 11.8. The summed E-state index contributed by atoms with van der Waals surface area (Å²) in [6.07, 6.45) is 0. The molecule has 0 radical (unpaired) electrons. The molecule has 1 aliphatic rings. The molecule has 1 aromatic heterocycles. The molecule has 2 amide bonds. The number of nitrogens with zero attached hydrogens (tertiary/aromatic N) is 1. The SMILES string of the molecule is COc1cc(NC(=O)c2ccccc2Cl)ccc1-c1ccc2c(c1COC(=O)c1ccc(Br)s1)N(C)C(=O)C(C)(C)N2. The Morgan fingerprint density at radius 2 is 1.81 bits per heavy atom. The van der Waals surface area contributed by atoms with E-state index in [-0.39, 0.29) is 18.4 Å². The number of methoxy groups -OCH3 is 1. The van der Waals surface area contributed by atoms with Crippen LogP contribution in [0.3, 0.4) is 0 Å². The van der Waals surface area contributed by atoms with Crippen LogP contribution in [0.15, 0.2) is 70.5 Å². The third-order valence-corrected chi connectivity index (χ3v) is 8.83. The van der Waals surface area contributed by atoms with Gasteiger partial charge in [-0.1, -0.05) is 29.8 Å². The van der Waals surface area contributed by atoms with Crippen LogP contribution in [0.25, 0.3) is 11.1 Å². The normalized spacial score (nSPS) is 13.7. The number of benzene rings is 3. The lowest BCUT2D eigenvalue weighted by Gasteiger charge is -2.39. The first-order valence-electron chi connectivity index (χ1n) is 12.9. The van der Waals surface area contributed by atoms with E-state index in [4.69, 9.17) is 21.1 Å². The Hall–Kier alpha value is -3.86.